The highest BCUT2D eigenvalue weighted by Crippen LogP contribution is 2.48. The topological polar surface area (TPSA) is 26.0 Å². The van der Waals surface area contributed by atoms with Gasteiger partial charge in [0.1, 0.15) is 0 Å². The third kappa shape index (κ3) is 1.31. The summed E-state index contributed by atoms with van der Waals surface area (Å²) in [5, 5.41) is 0. The van der Waals surface area contributed by atoms with E-state index in [2.05, 4.69) is 0 Å². The van der Waals surface area contributed by atoms with E-state index in [1.54, 1.807) is 0 Å². The first-order chi connectivity index (χ1) is 5.42. The minimum Gasteiger partial charge on any atom is -0.330 e. The molecule has 64 valence electrons. The molecular weight excluding hydrogens is 134 g/mol. The zero-order valence-electron chi connectivity index (χ0n) is 7.26. The first-order valence-corrected chi connectivity index (χ1v) is 5.12. The Kier molecular flexibility index (Phi) is 2.17. The summed E-state index contributed by atoms with van der Waals surface area (Å²) in [6.45, 7) is 0.911. The molecule has 0 aromatic heterocycles. The minimum atomic E-state index is 0.911. The Hall–Kier alpha value is -0.0400. The van der Waals surface area contributed by atoms with Crippen LogP contribution < -0.4 is 5.73 Å². The molecule has 2 aliphatic rings. The van der Waals surface area contributed by atoms with Crippen LogP contribution in [0.1, 0.15) is 38.5 Å². The molecule has 0 amide bonds. The molecule has 2 aliphatic carbocycles. The standard InChI is InChI=1S/C10H19N/c11-7-6-9-5-4-8-2-1-3-10(8)9/h8-10H,1-7,11H2. The van der Waals surface area contributed by atoms with Crippen LogP contribution in [-0.2, 0) is 0 Å². The molecule has 0 radical (unpaired) electrons. The predicted octanol–water partition coefficient (Wildman–Crippen LogP) is 2.16. The molecule has 1 heteroatoms. The van der Waals surface area contributed by atoms with E-state index in [0.717, 1.165) is 24.3 Å². The highest BCUT2D eigenvalue weighted by atomic mass is 14.5. The van der Waals surface area contributed by atoms with Crippen LogP contribution in [0, 0.1) is 17.8 Å². The molecule has 0 aromatic rings. The van der Waals surface area contributed by atoms with E-state index >= 15 is 0 Å². The quantitative estimate of drug-likeness (QED) is 0.646. The van der Waals surface area contributed by atoms with E-state index in [1.165, 1.54) is 38.5 Å². The van der Waals surface area contributed by atoms with Crippen molar-refractivity contribution < 1.29 is 0 Å². The van der Waals surface area contributed by atoms with Gasteiger partial charge in [0.05, 0.1) is 0 Å². The lowest BCUT2D eigenvalue weighted by atomic mass is 9.90. The molecule has 0 heterocycles. The van der Waals surface area contributed by atoms with Gasteiger partial charge in [-0.3, -0.25) is 0 Å². The lowest BCUT2D eigenvalue weighted by Gasteiger charge is -2.16. The van der Waals surface area contributed by atoms with Crippen molar-refractivity contribution in [2.75, 3.05) is 6.54 Å². The molecule has 3 atom stereocenters. The van der Waals surface area contributed by atoms with E-state index in [9.17, 15) is 0 Å². The normalized spacial score (nSPS) is 42.8. The predicted molar refractivity (Wildman–Crippen MR) is 47.2 cm³/mol. The van der Waals surface area contributed by atoms with Gasteiger partial charge >= 0.3 is 0 Å². The van der Waals surface area contributed by atoms with Gasteiger partial charge in [0, 0.05) is 0 Å². The van der Waals surface area contributed by atoms with E-state index < -0.39 is 0 Å². The van der Waals surface area contributed by atoms with Crippen molar-refractivity contribution in [3.63, 3.8) is 0 Å². The second-order valence-corrected chi connectivity index (χ2v) is 4.27. The number of hydrogen-bond acceptors (Lipinski definition) is 1. The van der Waals surface area contributed by atoms with E-state index in [0.29, 0.717) is 0 Å². The maximum Gasteiger partial charge on any atom is -0.00745 e. The van der Waals surface area contributed by atoms with Crippen LogP contribution in [0.4, 0.5) is 0 Å². The highest BCUT2D eigenvalue weighted by Gasteiger charge is 2.37. The monoisotopic (exact) mass is 153 g/mol. The van der Waals surface area contributed by atoms with E-state index in [-0.39, 0.29) is 0 Å². The van der Waals surface area contributed by atoms with Crippen molar-refractivity contribution in [1.82, 2.24) is 0 Å². The lowest BCUT2D eigenvalue weighted by Crippen LogP contribution is -2.13. The summed E-state index contributed by atoms with van der Waals surface area (Å²) in [7, 11) is 0. The molecule has 2 fully saturated rings. The van der Waals surface area contributed by atoms with Crippen molar-refractivity contribution in [3.05, 3.63) is 0 Å². The van der Waals surface area contributed by atoms with E-state index in [4.69, 9.17) is 5.73 Å². The zero-order valence-corrected chi connectivity index (χ0v) is 7.26. The highest BCUT2D eigenvalue weighted by molar-refractivity contribution is 4.88. The third-order valence-corrected chi connectivity index (χ3v) is 3.77. The third-order valence-electron chi connectivity index (χ3n) is 3.77. The maximum atomic E-state index is 5.59. The fraction of sp³-hybridized carbons (Fsp3) is 1.00. The van der Waals surface area contributed by atoms with E-state index in [1.807, 2.05) is 0 Å². The molecule has 3 unspecified atom stereocenters. The Morgan fingerprint density at radius 3 is 2.82 bits per heavy atom. The molecule has 0 bridgehead atoms. The first-order valence-electron chi connectivity index (χ1n) is 5.12. The van der Waals surface area contributed by atoms with Gasteiger partial charge in [-0.2, -0.15) is 0 Å². The summed E-state index contributed by atoms with van der Waals surface area (Å²) in [5.41, 5.74) is 5.59. The summed E-state index contributed by atoms with van der Waals surface area (Å²) >= 11 is 0. The van der Waals surface area contributed by atoms with Gasteiger partial charge in [-0.25, -0.2) is 0 Å². The van der Waals surface area contributed by atoms with Crippen molar-refractivity contribution >= 4 is 0 Å². The molecule has 1 nitrogen and oxygen atoms in total. The van der Waals surface area contributed by atoms with Gasteiger partial charge in [-0.1, -0.05) is 12.8 Å². The molecule has 0 aromatic carbocycles. The summed E-state index contributed by atoms with van der Waals surface area (Å²) in [6, 6.07) is 0. The number of hydrogen-bond donors (Lipinski definition) is 1. The van der Waals surface area contributed by atoms with Crippen LogP contribution in [0.2, 0.25) is 0 Å². The Balaban J connectivity index is 1.92. The number of rotatable bonds is 2. The second kappa shape index (κ2) is 3.14. The molecule has 2 saturated carbocycles. The second-order valence-electron chi connectivity index (χ2n) is 4.27. The smallest absolute Gasteiger partial charge is 0.00745 e. The fourth-order valence-electron chi connectivity index (χ4n) is 3.26. The molecule has 2 rings (SSSR count). The Morgan fingerprint density at radius 1 is 1.09 bits per heavy atom. The van der Waals surface area contributed by atoms with Gasteiger partial charge in [0.25, 0.3) is 0 Å². The molecule has 11 heavy (non-hydrogen) atoms. The van der Waals surface area contributed by atoms with Crippen LogP contribution in [0.5, 0.6) is 0 Å². The molecule has 0 spiro atoms. The van der Waals surface area contributed by atoms with Crippen molar-refractivity contribution in [3.8, 4) is 0 Å². The van der Waals surface area contributed by atoms with Crippen LogP contribution in [0.3, 0.4) is 0 Å². The Morgan fingerprint density at radius 2 is 2.00 bits per heavy atom. The average molecular weight is 153 g/mol. The maximum absolute atomic E-state index is 5.59. The van der Waals surface area contributed by atoms with Gasteiger partial charge in [-0.05, 0) is 50.0 Å². The summed E-state index contributed by atoms with van der Waals surface area (Å²) < 4.78 is 0. The van der Waals surface area contributed by atoms with Crippen LogP contribution >= 0.6 is 0 Å². The molecule has 2 N–H and O–H groups in total. The van der Waals surface area contributed by atoms with Crippen molar-refractivity contribution in [2.24, 2.45) is 23.5 Å². The number of nitrogens with two attached hydrogens (primary N) is 1. The summed E-state index contributed by atoms with van der Waals surface area (Å²) in [6.07, 6.45) is 8.81. The first kappa shape index (κ1) is 7.60. The Bertz CT molecular complexity index is 131. The molecule has 0 saturated heterocycles. The fourth-order valence-corrected chi connectivity index (χ4v) is 3.26. The van der Waals surface area contributed by atoms with Crippen molar-refractivity contribution in [2.45, 2.75) is 38.5 Å². The zero-order chi connectivity index (χ0) is 7.68. The van der Waals surface area contributed by atoms with Gasteiger partial charge in [0.2, 0.25) is 0 Å². The Labute approximate surface area is 69.4 Å². The van der Waals surface area contributed by atoms with Crippen LogP contribution in [0.25, 0.3) is 0 Å². The largest absolute Gasteiger partial charge is 0.330 e. The molecular formula is C10H19N. The minimum absolute atomic E-state index is 0.911. The molecule has 0 aliphatic heterocycles. The van der Waals surface area contributed by atoms with Gasteiger partial charge < -0.3 is 5.73 Å². The number of fused-ring (bicyclic) bond motifs is 1. The SMILES string of the molecule is NCCC1CCC2CCCC12. The summed E-state index contributed by atoms with van der Waals surface area (Å²) in [5.74, 6) is 3.19. The lowest BCUT2D eigenvalue weighted by molar-refractivity contribution is 0.338. The van der Waals surface area contributed by atoms with Gasteiger partial charge in [0.15, 0.2) is 0 Å². The van der Waals surface area contributed by atoms with Crippen molar-refractivity contribution in [1.29, 1.82) is 0 Å². The van der Waals surface area contributed by atoms with Crippen LogP contribution in [0.15, 0.2) is 0 Å². The van der Waals surface area contributed by atoms with Crippen LogP contribution in [-0.4, -0.2) is 6.54 Å². The van der Waals surface area contributed by atoms with Gasteiger partial charge in [-0.15, -0.1) is 0 Å². The summed E-state index contributed by atoms with van der Waals surface area (Å²) in [4.78, 5) is 0. The average Bonchev–Trinajstić information content (AvgIpc) is 2.53.